The van der Waals surface area contributed by atoms with Crippen LogP contribution in [0.5, 0.6) is 0 Å². The molecule has 3 atom stereocenters. The van der Waals surface area contributed by atoms with E-state index in [4.69, 9.17) is 26.2 Å². The monoisotopic (exact) mass is 273 g/mol. The van der Waals surface area contributed by atoms with E-state index in [2.05, 4.69) is 12.6 Å². The van der Waals surface area contributed by atoms with Gasteiger partial charge in [-0.05, 0) is 18.4 Å². The Bertz CT molecular complexity index is 182. The fraction of sp³-hybridized carbons (Fsp3) is 0.875. The third-order valence-electron chi connectivity index (χ3n) is 1.48. The van der Waals surface area contributed by atoms with Crippen molar-refractivity contribution in [3.8, 4) is 0 Å². The number of carboxylic acid groups (broad SMARTS) is 1. The van der Waals surface area contributed by atoms with Crippen LogP contribution in [0, 0.1) is 0 Å². The summed E-state index contributed by atoms with van der Waals surface area (Å²) in [5.74, 6) is -0.1000. The highest BCUT2D eigenvalue weighted by Crippen LogP contribution is 1.97. The van der Waals surface area contributed by atoms with Crippen molar-refractivity contribution in [2.24, 2.45) is 5.73 Å². The predicted molar refractivity (Wildman–Crippen MR) is 66.7 cm³/mol. The van der Waals surface area contributed by atoms with Gasteiger partial charge in [0.1, 0.15) is 17.6 Å². The largest absolute Gasteiger partial charge is 0.480 e. The summed E-state index contributed by atoms with van der Waals surface area (Å²) in [6, 6.07) is -0.683. The van der Waals surface area contributed by atoms with Crippen LogP contribution in [0.2, 0.25) is 0 Å². The number of carboxylic acids is 1. The molecule has 0 aliphatic heterocycles. The molecule has 0 heterocycles. The minimum atomic E-state index is -1.13. The van der Waals surface area contributed by atoms with Gasteiger partial charge in [-0.2, -0.15) is 11.8 Å². The van der Waals surface area contributed by atoms with Crippen LogP contribution < -0.4 is 5.73 Å². The summed E-state index contributed by atoms with van der Waals surface area (Å²) in [6.07, 6.45) is 1.36. The molecule has 0 aliphatic carbocycles. The Morgan fingerprint density at radius 3 is 2.19 bits per heavy atom. The van der Waals surface area contributed by atoms with E-state index in [1.807, 2.05) is 6.26 Å². The lowest BCUT2D eigenvalue weighted by atomic mass is 10.2. The third-order valence-corrected chi connectivity index (χ3v) is 2.47. The molecule has 0 bridgehead atoms. The van der Waals surface area contributed by atoms with Gasteiger partial charge in [-0.15, -0.1) is 12.6 Å². The van der Waals surface area contributed by atoms with Crippen LogP contribution >= 0.6 is 24.4 Å². The van der Waals surface area contributed by atoms with E-state index in [1.165, 1.54) is 0 Å². The number of carbonyl (C=O) groups is 1. The summed E-state index contributed by atoms with van der Waals surface area (Å²) in [6.45, 7) is -0.454. The van der Waals surface area contributed by atoms with Crippen molar-refractivity contribution in [3.05, 3.63) is 0 Å². The lowest BCUT2D eigenvalue weighted by molar-refractivity contribution is -0.138. The van der Waals surface area contributed by atoms with Crippen LogP contribution in [-0.4, -0.2) is 62.6 Å². The summed E-state index contributed by atoms with van der Waals surface area (Å²) in [7, 11) is 0. The predicted octanol–water partition coefficient (Wildman–Crippen LogP) is -1.26. The molecule has 0 spiro atoms. The molecule has 0 saturated carbocycles. The van der Waals surface area contributed by atoms with E-state index >= 15 is 0 Å². The topological polar surface area (TPSA) is 124 Å². The Labute approximate surface area is 104 Å². The molecule has 0 radical (unpaired) electrons. The molecule has 0 rings (SSSR count). The maximum Gasteiger partial charge on any atom is 0.320 e. The lowest BCUT2D eigenvalue weighted by Crippen LogP contribution is -2.30. The fourth-order valence-electron chi connectivity index (χ4n) is 0.463. The third kappa shape index (κ3) is 12.1. The Balaban J connectivity index is 0. The number of thiol groups is 1. The van der Waals surface area contributed by atoms with Crippen LogP contribution in [0.25, 0.3) is 0 Å². The molecule has 0 amide bonds. The first-order valence-electron chi connectivity index (χ1n) is 4.49. The van der Waals surface area contributed by atoms with Gasteiger partial charge in [0, 0.05) is 0 Å². The molecule has 98 valence electrons. The smallest absolute Gasteiger partial charge is 0.320 e. The van der Waals surface area contributed by atoms with Crippen LogP contribution in [0.4, 0.5) is 0 Å². The summed E-state index contributed by atoms with van der Waals surface area (Å²) in [4.78, 5) is 10.1. The second kappa shape index (κ2) is 11.5. The first kappa shape index (κ1) is 18.4. The number of nitrogens with two attached hydrogens (primary N) is 1. The average Bonchev–Trinajstić information content (AvgIpc) is 2.25. The van der Waals surface area contributed by atoms with E-state index in [0.717, 1.165) is 5.75 Å². The first-order chi connectivity index (χ1) is 7.36. The highest BCUT2D eigenvalue weighted by molar-refractivity contribution is 7.98. The van der Waals surface area contributed by atoms with Crippen LogP contribution in [0.1, 0.15) is 6.42 Å². The van der Waals surface area contributed by atoms with Gasteiger partial charge in [0.25, 0.3) is 0 Å². The Morgan fingerprint density at radius 2 is 2.00 bits per heavy atom. The summed E-state index contributed by atoms with van der Waals surface area (Å²) in [5, 5.41) is 33.0. The van der Waals surface area contributed by atoms with Gasteiger partial charge in [-0.25, -0.2) is 0 Å². The zero-order valence-electron chi connectivity index (χ0n) is 8.98. The molecule has 0 aromatic carbocycles. The maximum absolute atomic E-state index is 10.1. The summed E-state index contributed by atoms with van der Waals surface area (Å²) < 4.78 is 0. The zero-order chi connectivity index (χ0) is 13.1. The molecular formula is C8H19NO5S2. The number of hydrogen-bond donors (Lipinski definition) is 6. The quantitative estimate of drug-likeness (QED) is 0.264. The van der Waals surface area contributed by atoms with Gasteiger partial charge in [-0.1, -0.05) is 0 Å². The number of aliphatic hydroxyl groups excluding tert-OH is 3. The van der Waals surface area contributed by atoms with E-state index in [9.17, 15) is 4.79 Å². The highest BCUT2D eigenvalue weighted by atomic mass is 32.2. The van der Waals surface area contributed by atoms with Gasteiger partial charge in [0.05, 0.1) is 6.61 Å². The number of aliphatic carboxylic acids is 1. The number of thioether (sulfide) groups is 1. The van der Waals surface area contributed by atoms with Crippen molar-refractivity contribution in [2.75, 3.05) is 18.6 Å². The van der Waals surface area contributed by atoms with Gasteiger partial charge < -0.3 is 26.2 Å². The Morgan fingerprint density at radius 1 is 1.50 bits per heavy atom. The number of aliphatic hydroxyl groups is 3. The molecule has 6 N–H and O–H groups in total. The molecule has 0 fully saturated rings. The van der Waals surface area contributed by atoms with E-state index in [-0.39, 0.29) is 0 Å². The van der Waals surface area contributed by atoms with Crippen molar-refractivity contribution in [3.63, 3.8) is 0 Å². The minimum absolute atomic E-state index is 0.454. The molecule has 0 saturated heterocycles. The second-order valence-electron chi connectivity index (χ2n) is 2.89. The van der Waals surface area contributed by atoms with Gasteiger partial charge in [0.15, 0.2) is 0 Å². The molecule has 0 aromatic heterocycles. The molecule has 0 aliphatic rings. The minimum Gasteiger partial charge on any atom is -0.480 e. The molecule has 8 heteroatoms. The van der Waals surface area contributed by atoms with Crippen LogP contribution in [0.3, 0.4) is 0 Å². The van der Waals surface area contributed by atoms with Crippen molar-refractivity contribution >= 4 is 30.4 Å². The molecule has 3 unspecified atom stereocenters. The fourth-order valence-corrected chi connectivity index (χ4v) is 1.05. The van der Waals surface area contributed by atoms with E-state index < -0.39 is 30.2 Å². The maximum atomic E-state index is 10.1. The second-order valence-corrected chi connectivity index (χ2v) is 4.40. The number of hydrogen-bond acceptors (Lipinski definition) is 7. The van der Waals surface area contributed by atoms with E-state index in [1.54, 1.807) is 11.8 Å². The van der Waals surface area contributed by atoms with Crippen molar-refractivity contribution in [2.45, 2.75) is 24.0 Å². The normalized spacial score (nSPS) is 15.6. The first-order valence-corrected chi connectivity index (χ1v) is 6.40. The van der Waals surface area contributed by atoms with Crippen molar-refractivity contribution < 1.29 is 25.2 Å². The molecule has 6 nitrogen and oxygen atoms in total. The average molecular weight is 273 g/mol. The van der Waals surface area contributed by atoms with Crippen LogP contribution in [0.15, 0.2) is 0 Å². The Hall–Kier alpha value is 0.0100. The van der Waals surface area contributed by atoms with Crippen molar-refractivity contribution in [1.29, 1.82) is 0 Å². The van der Waals surface area contributed by atoms with Gasteiger partial charge in [0.2, 0.25) is 0 Å². The Kier molecular flexibility index (Phi) is 13.2. The molecule has 16 heavy (non-hydrogen) atoms. The summed E-state index contributed by atoms with van der Waals surface area (Å²) in [5.41, 5.74) is 4.06. The SMILES string of the molecule is CSCCC(N)C(=O)O.OCC(O)C(O)S. The lowest BCUT2D eigenvalue weighted by Gasteiger charge is -2.06. The highest BCUT2D eigenvalue weighted by Gasteiger charge is 2.09. The van der Waals surface area contributed by atoms with Crippen LogP contribution in [-0.2, 0) is 4.79 Å². The number of rotatable bonds is 6. The van der Waals surface area contributed by atoms with Gasteiger partial charge >= 0.3 is 5.97 Å². The van der Waals surface area contributed by atoms with Gasteiger partial charge in [-0.3, -0.25) is 4.79 Å². The molecular weight excluding hydrogens is 254 g/mol. The molecule has 0 aromatic rings. The zero-order valence-corrected chi connectivity index (χ0v) is 10.7. The van der Waals surface area contributed by atoms with Crippen molar-refractivity contribution in [1.82, 2.24) is 0 Å². The van der Waals surface area contributed by atoms with E-state index in [0.29, 0.717) is 6.42 Å². The standard InChI is InChI=1S/C5H11NO2S.C3H8O3S/c1-9-3-2-4(6)5(7)8;4-1-2(5)3(6)7/h4H,2-3,6H2,1H3,(H,7,8);2-7H,1H2. The summed E-state index contributed by atoms with van der Waals surface area (Å²) >= 11 is 5.02.